The summed E-state index contributed by atoms with van der Waals surface area (Å²) in [7, 11) is -1.72. The molecule has 0 saturated heterocycles. The Morgan fingerprint density at radius 2 is 1.91 bits per heavy atom. The van der Waals surface area contributed by atoms with Crippen LogP contribution in [0.15, 0.2) is 36.7 Å². The normalized spacial score (nSPS) is 11.2. The van der Waals surface area contributed by atoms with Gasteiger partial charge in [0.1, 0.15) is 0 Å². The Morgan fingerprint density at radius 3 is 2.52 bits per heavy atom. The first-order valence-electron chi connectivity index (χ1n) is 6.49. The molecule has 0 atom stereocenters. The van der Waals surface area contributed by atoms with E-state index in [9.17, 15) is 28.0 Å². The van der Waals surface area contributed by atoms with E-state index in [2.05, 4.69) is 10.3 Å². The van der Waals surface area contributed by atoms with Gasteiger partial charge in [0.15, 0.2) is 0 Å². The van der Waals surface area contributed by atoms with Crippen LogP contribution in [0.3, 0.4) is 0 Å². The highest BCUT2D eigenvalue weighted by Crippen LogP contribution is 2.29. The number of aromatic nitrogens is 1. The van der Waals surface area contributed by atoms with Gasteiger partial charge in [0.05, 0.1) is 11.1 Å². The molecule has 1 aromatic heterocycles. The molecule has 0 radical (unpaired) electrons. The number of nitrogens with zero attached hydrogens (tertiary/aromatic N) is 1. The van der Waals surface area contributed by atoms with Crippen molar-refractivity contribution >= 4 is 24.2 Å². The molecule has 23 heavy (non-hydrogen) atoms. The highest BCUT2D eigenvalue weighted by atomic mass is 19.4. The maximum absolute atomic E-state index is 12.6. The molecule has 2 aromatic rings. The number of pyridine rings is 1. The van der Waals surface area contributed by atoms with E-state index >= 15 is 0 Å². The molecule has 0 fully saturated rings. The fraction of sp³-hybridized carbons (Fsp3) is 0.143. The number of amides is 1. The first kappa shape index (κ1) is 17.0. The van der Waals surface area contributed by atoms with Crippen LogP contribution in [0.4, 0.5) is 18.9 Å². The maximum atomic E-state index is 12.6. The molecule has 0 spiro atoms. The number of carbonyl (C=O) groups excluding carboxylic acids is 1. The third-order valence-electron chi connectivity index (χ3n) is 3.14. The van der Waals surface area contributed by atoms with E-state index in [1.54, 1.807) is 13.0 Å². The molecule has 120 valence electrons. The monoisotopic (exact) mass is 324 g/mol. The highest BCUT2D eigenvalue weighted by molar-refractivity contribution is 6.59. The summed E-state index contributed by atoms with van der Waals surface area (Å²) in [4.78, 5) is 15.4. The average Bonchev–Trinajstić information content (AvgIpc) is 2.48. The van der Waals surface area contributed by atoms with Crippen molar-refractivity contribution in [1.82, 2.24) is 4.98 Å². The third kappa shape index (κ3) is 4.08. The molecule has 0 saturated carbocycles. The van der Waals surface area contributed by atoms with E-state index < -0.39 is 24.8 Å². The number of nitrogens with one attached hydrogen (secondary N) is 1. The van der Waals surface area contributed by atoms with Crippen LogP contribution < -0.4 is 10.8 Å². The smallest absolute Gasteiger partial charge is 0.423 e. The molecule has 1 aromatic carbocycles. The molecular weight excluding hydrogens is 312 g/mol. The predicted molar refractivity (Wildman–Crippen MR) is 78.2 cm³/mol. The van der Waals surface area contributed by atoms with Crippen LogP contribution in [-0.2, 0) is 6.18 Å². The second kappa shape index (κ2) is 6.39. The first-order valence-corrected chi connectivity index (χ1v) is 6.49. The largest absolute Gasteiger partial charge is 0.488 e. The van der Waals surface area contributed by atoms with Crippen molar-refractivity contribution in [1.29, 1.82) is 0 Å². The molecule has 1 amide bonds. The van der Waals surface area contributed by atoms with Gasteiger partial charge in [-0.2, -0.15) is 13.2 Å². The Morgan fingerprint density at radius 1 is 1.22 bits per heavy atom. The topological polar surface area (TPSA) is 82.5 Å². The highest BCUT2D eigenvalue weighted by Gasteiger charge is 2.31. The molecule has 5 nitrogen and oxygen atoms in total. The van der Waals surface area contributed by atoms with E-state index in [0.29, 0.717) is 17.8 Å². The van der Waals surface area contributed by atoms with Crippen molar-refractivity contribution in [2.75, 3.05) is 5.32 Å². The van der Waals surface area contributed by atoms with Crippen molar-refractivity contribution in [2.45, 2.75) is 13.1 Å². The zero-order valence-corrected chi connectivity index (χ0v) is 11.9. The van der Waals surface area contributed by atoms with Crippen LogP contribution >= 0.6 is 0 Å². The SMILES string of the molecule is Cc1ccc(NC(=O)c2cncc(C(F)(F)F)c2)cc1B(O)O. The Kier molecular flexibility index (Phi) is 4.72. The van der Waals surface area contributed by atoms with Crippen molar-refractivity contribution in [3.63, 3.8) is 0 Å². The van der Waals surface area contributed by atoms with Crippen LogP contribution in [-0.4, -0.2) is 28.1 Å². The van der Waals surface area contributed by atoms with Crippen LogP contribution in [0.2, 0.25) is 0 Å². The van der Waals surface area contributed by atoms with Gasteiger partial charge in [0.25, 0.3) is 5.91 Å². The number of halogens is 3. The second-order valence-corrected chi connectivity index (χ2v) is 4.86. The van der Waals surface area contributed by atoms with Crippen molar-refractivity contribution in [3.8, 4) is 0 Å². The maximum Gasteiger partial charge on any atom is 0.488 e. The molecule has 0 aliphatic heterocycles. The molecule has 0 bridgehead atoms. The lowest BCUT2D eigenvalue weighted by Crippen LogP contribution is -2.32. The molecular formula is C14H12BF3N2O3. The standard InChI is InChI=1S/C14H12BF3N2O3/c1-8-2-3-11(5-12(8)15(22)23)20-13(21)9-4-10(7-19-6-9)14(16,17)18/h2-7,22-23H,1H3,(H,20,21). The number of alkyl halides is 3. The number of carbonyl (C=O) groups is 1. The Bertz CT molecular complexity index is 735. The van der Waals surface area contributed by atoms with E-state index in [1.165, 1.54) is 12.1 Å². The van der Waals surface area contributed by atoms with Crippen LogP contribution in [0.5, 0.6) is 0 Å². The summed E-state index contributed by atoms with van der Waals surface area (Å²) in [6.45, 7) is 1.65. The van der Waals surface area contributed by atoms with Gasteiger partial charge < -0.3 is 15.4 Å². The molecule has 0 aliphatic rings. The second-order valence-electron chi connectivity index (χ2n) is 4.86. The van der Waals surface area contributed by atoms with Gasteiger partial charge >= 0.3 is 13.3 Å². The zero-order chi connectivity index (χ0) is 17.2. The quantitative estimate of drug-likeness (QED) is 0.744. The molecule has 1 heterocycles. The van der Waals surface area contributed by atoms with E-state index in [-0.39, 0.29) is 16.7 Å². The van der Waals surface area contributed by atoms with E-state index in [1.807, 2.05) is 0 Å². The zero-order valence-electron chi connectivity index (χ0n) is 11.9. The summed E-state index contributed by atoms with van der Waals surface area (Å²) < 4.78 is 37.9. The van der Waals surface area contributed by atoms with E-state index in [0.717, 1.165) is 6.20 Å². The molecule has 0 aliphatic carbocycles. The molecule has 3 N–H and O–H groups in total. The average molecular weight is 324 g/mol. The third-order valence-corrected chi connectivity index (χ3v) is 3.14. The number of anilines is 1. The minimum atomic E-state index is -4.60. The lowest BCUT2D eigenvalue weighted by molar-refractivity contribution is -0.137. The Hall–Kier alpha value is -2.39. The predicted octanol–water partition coefficient (Wildman–Crippen LogP) is 1.34. The van der Waals surface area contributed by atoms with Gasteiger partial charge in [0, 0.05) is 18.1 Å². The van der Waals surface area contributed by atoms with Crippen molar-refractivity contribution in [3.05, 3.63) is 53.3 Å². The number of aryl methyl sites for hydroxylation is 1. The van der Waals surface area contributed by atoms with Crippen LogP contribution in [0.1, 0.15) is 21.5 Å². The minimum absolute atomic E-state index is 0.185. The summed E-state index contributed by atoms with van der Waals surface area (Å²) in [5, 5.41) is 20.8. The number of hydrogen-bond donors (Lipinski definition) is 3. The summed E-state index contributed by atoms with van der Waals surface area (Å²) in [6.07, 6.45) is -2.95. The lowest BCUT2D eigenvalue weighted by Gasteiger charge is -2.11. The molecule has 9 heteroatoms. The van der Waals surface area contributed by atoms with E-state index in [4.69, 9.17) is 0 Å². The summed E-state index contributed by atoms with van der Waals surface area (Å²) >= 11 is 0. The number of hydrogen-bond acceptors (Lipinski definition) is 4. The first-order chi connectivity index (χ1) is 10.7. The van der Waals surface area contributed by atoms with Gasteiger partial charge in [-0.3, -0.25) is 9.78 Å². The van der Waals surface area contributed by atoms with Crippen molar-refractivity contribution in [2.24, 2.45) is 0 Å². The summed E-state index contributed by atoms with van der Waals surface area (Å²) in [5.74, 6) is -0.786. The Labute approximate surface area is 129 Å². The van der Waals surface area contributed by atoms with Gasteiger partial charge in [-0.05, 0) is 30.6 Å². The van der Waals surface area contributed by atoms with Crippen LogP contribution in [0.25, 0.3) is 0 Å². The fourth-order valence-electron chi connectivity index (χ4n) is 1.92. The van der Waals surface area contributed by atoms with Gasteiger partial charge in [-0.1, -0.05) is 11.6 Å². The Balaban J connectivity index is 2.24. The fourth-order valence-corrected chi connectivity index (χ4v) is 1.92. The number of rotatable bonds is 3. The number of benzene rings is 1. The lowest BCUT2D eigenvalue weighted by atomic mass is 9.77. The van der Waals surface area contributed by atoms with Gasteiger partial charge in [0.2, 0.25) is 0 Å². The summed E-state index contributed by atoms with van der Waals surface area (Å²) in [6, 6.07) is 5.08. The minimum Gasteiger partial charge on any atom is -0.423 e. The van der Waals surface area contributed by atoms with Gasteiger partial charge in [-0.15, -0.1) is 0 Å². The molecule has 2 rings (SSSR count). The van der Waals surface area contributed by atoms with Crippen LogP contribution in [0, 0.1) is 6.92 Å². The summed E-state index contributed by atoms with van der Waals surface area (Å²) in [5.41, 5.74) is -0.281. The van der Waals surface area contributed by atoms with Crippen molar-refractivity contribution < 1.29 is 28.0 Å². The molecule has 0 unspecified atom stereocenters. The van der Waals surface area contributed by atoms with Gasteiger partial charge in [-0.25, -0.2) is 0 Å².